The number of carboxylic acid groups (broad SMARTS) is 1. The van der Waals surface area contributed by atoms with Gasteiger partial charge in [-0.25, -0.2) is 9.59 Å². The number of nitrogens with two attached hydrogens (primary N) is 1. The van der Waals surface area contributed by atoms with Gasteiger partial charge in [0.1, 0.15) is 0 Å². The van der Waals surface area contributed by atoms with Crippen LogP contribution >= 0.6 is 35.6 Å². The van der Waals surface area contributed by atoms with Crippen molar-refractivity contribution in [1.29, 1.82) is 0 Å². The van der Waals surface area contributed by atoms with Crippen molar-refractivity contribution in [3.63, 3.8) is 0 Å². The van der Waals surface area contributed by atoms with Crippen molar-refractivity contribution in [1.82, 2.24) is 4.90 Å². The number of carboxylic acids is 1. The summed E-state index contributed by atoms with van der Waals surface area (Å²) in [6.07, 6.45) is 3.52. The molecule has 0 radical (unpaired) electrons. The second-order valence-electron chi connectivity index (χ2n) is 8.50. The molecule has 0 aliphatic rings. The molecule has 0 fully saturated rings. The van der Waals surface area contributed by atoms with Crippen LogP contribution < -0.4 is 10.6 Å². The first-order valence-corrected chi connectivity index (χ1v) is 12.2. The number of para-hydroxylation sites is 1. The molecule has 0 heterocycles. The molecule has 0 unspecified atom stereocenters. The summed E-state index contributed by atoms with van der Waals surface area (Å²) in [6.45, 7) is 3.17. The maximum Gasteiger partial charge on any atom is 0.335 e. The quantitative estimate of drug-likeness (QED) is 0.226. The molecule has 0 spiro atoms. The number of hydrogen-bond acceptors (Lipinski definition) is 3. The molecule has 3 N–H and O–H groups in total. The Bertz CT molecular complexity index is 1080. The van der Waals surface area contributed by atoms with E-state index in [-0.39, 0.29) is 24.0 Å². The van der Waals surface area contributed by atoms with Crippen molar-refractivity contribution in [3.8, 4) is 0 Å². The van der Waals surface area contributed by atoms with E-state index in [0.29, 0.717) is 12.1 Å². The Morgan fingerprint density at radius 1 is 0.750 bits per heavy atom. The van der Waals surface area contributed by atoms with Gasteiger partial charge in [-0.05, 0) is 86.3 Å². The highest BCUT2D eigenvalue weighted by Gasteiger charge is 2.13. The summed E-state index contributed by atoms with van der Waals surface area (Å²) in [6, 6.07) is 24.0. The number of halogens is 2. The normalized spacial score (nSPS) is 10.6. The Kier molecular flexibility index (Phi) is 12.7. The fourth-order valence-electron chi connectivity index (χ4n) is 4.02. The largest absolute Gasteiger partial charge is 0.478 e. The maximum atomic E-state index is 12.0. The van der Waals surface area contributed by atoms with Crippen LogP contribution in [0.3, 0.4) is 0 Å². The van der Waals surface area contributed by atoms with E-state index < -0.39 is 12.0 Å². The minimum atomic E-state index is -0.912. The molecule has 3 aromatic carbocycles. The van der Waals surface area contributed by atoms with E-state index in [0.717, 1.165) is 61.6 Å². The molecule has 0 atom stereocenters. The lowest BCUT2D eigenvalue weighted by Gasteiger charge is -2.25. The summed E-state index contributed by atoms with van der Waals surface area (Å²) in [7, 11) is 0. The third-order valence-electron chi connectivity index (χ3n) is 5.96. The van der Waals surface area contributed by atoms with E-state index in [4.69, 9.17) is 22.4 Å². The first kappa shape index (κ1) is 29.6. The van der Waals surface area contributed by atoms with Crippen LogP contribution in [0.2, 0.25) is 5.02 Å². The van der Waals surface area contributed by atoms with Gasteiger partial charge in [0.25, 0.3) is 0 Å². The number of amides is 2. The van der Waals surface area contributed by atoms with Crippen LogP contribution in [-0.4, -0.2) is 48.2 Å². The zero-order chi connectivity index (χ0) is 25.0. The number of primary amides is 1. The number of hydrogen-bond donors (Lipinski definition) is 2. The number of anilines is 1. The molecule has 0 aromatic heterocycles. The van der Waals surface area contributed by atoms with E-state index in [1.807, 2.05) is 54.6 Å². The van der Waals surface area contributed by atoms with Gasteiger partial charge in [0, 0.05) is 23.8 Å². The van der Waals surface area contributed by atoms with E-state index >= 15 is 0 Å². The zero-order valence-corrected chi connectivity index (χ0v) is 23.3. The van der Waals surface area contributed by atoms with Gasteiger partial charge in [-0.1, -0.05) is 54.1 Å². The summed E-state index contributed by atoms with van der Waals surface area (Å²) in [5.74, 6) is -0.912. The van der Waals surface area contributed by atoms with Crippen molar-refractivity contribution in [2.75, 3.05) is 31.1 Å². The van der Waals surface area contributed by atoms with Gasteiger partial charge in [0.05, 0.1) is 5.56 Å². The molecule has 6 nitrogen and oxygen atoms in total. The minimum Gasteiger partial charge on any atom is -0.478 e. The second-order valence-corrected chi connectivity index (χ2v) is 8.94. The predicted octanol–water partition coefficient (Wildman–Crippen LogP) is 6.11. The highest BCUT2D eigenvalue weighted by molar-refractivity contribution is 14.0. The van der Waals surface area contributed by atoms with Crippen LogP contribution in [0.5, 0.6) is 0 Å². The Morgan fingerprint density at radius 3 is 1.94 bits per heavy atom. The van der Waals surface area contributed by atoms with Crippen molar-refractivity contribution >= 4 is 53.3 Å². The molecular formula is C28H33ClIN3O3. The van der Waals surface area contributed by atoms with E-state index in [1.54, 1.807) is 17.0 Å². The Balaban J connectivity index is 0.00000456. The average molecular weight is 622 g/mol. The Labute approximate surface area is 235 Å². The van der Waals surface area contributed by atoms with Crippen LogP contribution in [0, 0.1) is 0 Å². The van der Waals surface area contributed by atoms with Gasteiger partial charge in [0.2, 0.25) is 0 Å². The number of rotatable bonds is 13. The smallest absolute Gasteiger partial charge is 0.335 e. The number of benzene rings is 3. The van der Waals surface area contributed by atoms with Gasteiger partial charge < -0.3 is 15.7 Å². The molecule has 36 heavy (non-hydrogen) atoms. The lowest BCUT2D eigenvalue weighted by molar-refractivity contribution is 0.0697. The van der Waals surface area contributed by atoms with Crippen molar-refractivity contribution in [3.05, 3.63) is 101 Å². The summed E-state index contributed by atoms with van der Waals surface area (Å²) in [5.41, 5.74) is 9.09. The van der Waals surface area contributed by atoms with Gasteiger partial charge in [-0.15, -0.1) is 24.0 Å². The molecule has 0 saturated carbocycles. The molecule has 192 valence electrons. The van der Waals surface area contributed by atoms with Crippen molar-refractivity contribution in [2.24, 2.45) is 5.73 Å². The topological polar surface area (TPSA) is 86.9 Å². The molecule has 0 aliphatic carbocycles. The second kappa shape index (κ2) is 15.5. The van der Waals surface area contributed by atoms with Crippen molar-refractivity contribution in [2.45, 2.75) is 25.7 Å². The van der Waals surface area contributed by atoms with Crippen LogP contribution in [-0.2, 0) is 12.8 Å². The third kappa shape index (κ3) is 9.79. The Morgan fingerprint density at radius 2 is 1.33 bits per heavy atom. The highest BCUT2D eigenvalue weighted by Crippen LogP contribution is 2.15. The molecule has 8 heteroatoms. The fourth-order valence-corrected chi connectivity index (χ4v) is 4.15. The number of urea groups is 1. The van der Waals surface area contributed by atoms with E-state index in [2.05, 4.69) is 17.0 Å². The van der Waals surface area contributed by atoms with E-state index in [1.165, 1.54) is 5.56 Å². The first-order chi connectivity index (χ1) is 16.9. The highest BCUT2D eigenvalue weighted by atomic mass is 127. The van der Waals surface area contributed by atoms with E-state index in [9.17, 15) is 9.59 Å². The summed E-state index contributed by atoms with van der Waals surface area (Å²) < 4.78 is 0. The minimum absolute atomic E-state index is 0. The van der Waals surface area contributed by atoms with Gasteiger partial charge in [-0.3, -0.25) is 4.90 Å². The summed E-state index contributed by atoms with van der Waals surface area (Å²) >= 11 is 6.02. The van der Waals surface area contributed by atoms with Crippen LogP contribution in [0.25, 0.3) is 0 Å². The molecule has 0 bridgehead atoms. The lowest BCUT2D eigenvalue weighted by Crippen LogP contribution is -2.38. The predicted molar refractivity (Wildman–Crippen MR) is 157 cm³/mol. The zero-order valence-electron chi connectivity index (χ0n) is 20.2. The van der Waals surface area contributed by atoms with Crippen molar-refractivity contribution < 1.29 is 14.7 Å². The van der Waals surface area contributed by atoms with Gasteiger partial charge in [0.15, 0.2) is 0 Å². The van der Waals surface area contributed by atoms with Crippen LogP contribution in [0.4, 0.5) is 10.5 Å². The molecule has 3 rings (SSSR count). The molecule has 0 saturated heterocycles. The average Bonchev–Trinajstić information content (AvgIpc) is 2.86. The summed E-state index contributed by atoms with van der Waals surface area (Å²) in [5, 5.41) is 9.80. The van der Waals surface area contributed by atoms with Crippen LogP contribution in [0.15, 0.2) is 78.9 Å². The summed E-state index contributed by atoms with van der Waals surface area (Å²) in [4.78, 5) is 27.1. The SMILES string of the molecule is I.NC(=O)N(CCCN(CCCc1ccc(C(=O)O)cc1)CCc1ccc(Cl)cc1)c1ccccc1. The van der Waals surface area contributed by atoms with Crippen LogP contribution in [0.1, 0.15) is 34.3 Å². The fraction of sp³-hybridized carbons (Fsp3) is 0.286. The molecule has 3 aromatic rings. The lowest BCUT2D eigenvalue weighted by atomic mass is 10.1. The number of aryl methyl sites for hydroxylation is 1. The third-order valence-corrected chi connectivity index (χ3v) is 6.21. The number of aromatic carboxylic acids is 1. The molecular weight excluding hydrogens is 589 g/mol. The number of nitrogens with zero attached hydrogens (tertiary/aromatic N) is 2. The monoisotopic (exact) mass is 621 g/mol. The molecule has 2 amide bonds. The number of carbonyl (C=O) groups excluding carboxylic acids is 1. The van der Waals surface area contributed by atoms with Gasteiger partial charge in [-0.2, -0.15) is 0 Å². The van der Waals surface area contributed by atoms with Gasteiger partial charge >= 0.3 is 12.0 Å². The number of carbonyl (C=O) groups is 2. The standard InChI is InChI=1S/C28H32ClN3O3.HI/c29-25-15-11-23(12-16-25)17-21-31(18-4-6-22-9-13-24(14-10-22)27(33)34)19-5-20-32(28(30)35)26-7-2-1-3-8-26;/h1-3,7-16H,4-6,17-21H2,(H2,30,35)(H,33,34);1H. The maximum absolute atomic E-state index is 12.0. The molecule has 0 aliphatic heterocycles. The first-order valence-electron chi connectivity index (χ1n) is 11.8. The Hall–Kier alpha value is -2.62.